The Hall–Kier alpha value is -2.50. The van der Waals surface area contributed by atoms with Gasteiger partial charge in [-0.1, -0.05) is 0 Å². The van der Waals surface area contributed by atoms with Gasteiger partial charge in [0.15, 0.2) is 11.6 Å². The van der Waals surface area contributed by atoms with Crippen LogP contribution in [-0.4, -0.2) is 14.4 Å². The second-order valence-corrected chi connectivity index (χ2v) is 4.65. The Labute approximate surface area is 113 Å². The fourth-order valence-electron chi connectivity index (χ4n) is 2.26. The maximum absolute atomic E-state index is 13.3. The molecular formula is C14H12F2N4. The summed E-state index contributed by atoms with van der Waals surface area (Å²) in [7, 11) is 0. The van der Waals surface area contributed by atoms with Crippen LogP contribution in [0.1, 0.15) is 11.4 Å². The van der Waals surface area contributed by atoms with Crippen molar-refractivity contribution in [1.29, 1.82) is 0 Å². The average Bonchev–Trinajstić information content (AvgIpc) is 2.70. The number of imidazole rings is 1. The molecule has 0 fully saturated rings. The quantitative estimate of drug-likeness (QED) is 0.742. The minimum Gasteiger partial charge on any atom is -0.383 e. The SMILES string of the molecule is Cc1cc(C)n2c(N)c(-c3ccc(F)c(F)c3)nc2n1. The van der Waals surface area contributed by atoms with E-state index in [1.54, 1.807) is 4.40 Å². The van der Waals surface area contributed by atoms with E-state index in [4.69, 9.17) is 5.73 Å². The topological polar surface area (TPSA) is 56.2 Å². The number of nitrogen functional groups attached to an aromatic ring is 1. The molecule has 102 valence electrons. The first-order valence-electron chi connectivity index (χ1n) is 6.05. The molecule has 1 aromatic carbocycles. The first kappa shape index (κ1) is 12.5. The highest BCUT2D eigenvalue weighted by molar-refractivity contribution is 5.74. The number of benzene rings is 1. The van der Waals surface area contributed by atoms with Crippen LogP contribution in [0.25, 0.3) is 17.0 Å². The molecule has 0 amide bonds. The summed E-state index contributed by atoms with van der Waals surface area (Å²) in [5.41, 5.74) is 8.57. The van der Waals surface area contributed by atoms with Crippen molar-refractivity contribution in [3.63, 3.8) is 0 Å². The summed E-state index contributed by atoms with van der Waals surface area (Å²) in [6.07, 6.45) is 0. The lowest BCUT2D eigenvalue weighted by Crippen LogP contribution is -2.00. The van der Waals surface area contributed by atoms with Gasteiger partial charge in [0, 0.05) is 17.0 Å². The highest BCUT2D eigenvalue weighted by Crippen LogP contribution is 2.28. The number of nitrogens with two attached hydrogens (primary N) is 1. The number of hydrogen-bond acceptors (Lipinski definition) is 3. The summed E-state index contributed by atoms with van der Waals surface area (Å²) in [4.78, 5) is 8.60. The Morgan fingerprint density at radius 2 is 1.80 bits per heavy atom. The third kappa shape index (κ3) is 1.80. The van der Waals surface area contributed by atoms with E-state index >= 15 is 0 Å². The van der Waals surface area contributed by atoms with E-state index in [2.05, 4.69) is 9.97 Å². The van der Waals surface area contributed by atoms with E-state index in [0.29, 0.717) is 22.9 Å². The van der Waals surface area contributed by atoms with Crippen molar-refractivity contribution >= 4 is 11.6 Å². The lowest BCUT2D eigenvalue weighted by Gasteiger charge is -2.03. The van der Waals surface area contributed by atoms with Crippen molar-refractivity contribution in [2.75, 3.05) is 5.73 Å². The Morgan fingerprint density at radius 3 is 2.50 bits per heavy atom. The van der Waals surface area contributed by atoms with Gasteiger partial charge in [-0.2, -0.15) is 0 Å². The predicted octanol–water partition coefficient (Wildman–Crippen LogP) is 2.87. The van der Waals surface area contributed by atoms with E-state index in [1.165, 1.54) is 6.07 Å². The predicted molar refractivity (Wildman–Crippen MR) is 72.2 cm³/mol. The Kier molecular flexibility index (Phi) is 2.67. The first-order valence-corrected chi connectivity index (χ1v) is 6.05. The van der Waals surface area contributed by atoms with E-state index in [1.807, 2.05) is 19.9 Å². The van der Waals surface area contributed by atoms with Crippen LogP contribution in [0.4, 0.5) is 14.6 Å². The van der Waals surface area contributed by atoms with Crippen molar-refractivity contribution in [2.24, 2.45) is 0 Å². The summed E-state index contributed by atoms with van der Waals surface area (Å²) >= 11 is 0. The lowest BCUT2D eigenvalue weighted by molar-refractivity contribution is 0.509. The van der Waals surface area contributed by atoms with Gasteiger partial charge in [0.25, 0.3) is 0 Å². The van der Waals surface area contributed by atoms with Crippen LogP contribution >= 0.6 is 0 Å². The third-order valence-electron chi connectivity index (χ3n) is 3.14. The molecule has 0 saturated carbocycles. The molecule has 6 heteroatoms. The van der Waals surface area contributed by atoms with Crippen LogP contribution in [0.3, 0.4) is 0 Å². The van der Waals surface area contributed by atoms with Gasteiger partial charge in [-0.05, 0) is 38.1 Å². The van der Waals surface area contributed by atoms with Crippen LogP contribution in [-0.2, 0) is 0 Å². The van der Waals surface area contributed by atoms with Crippen molar-refractivity contribution in [3.8, 4) is 11.3 Å². The van der Waals surface area contributed by atoms with Crippen LogP contribution in [0, 0.1) is 25.5 Å². The van der Waals surface area contributed by atoms with Crippen LogP contribution in [0.15, 0.2) is 24.3 Å². The molecule has 4 nitrogen and oxygen atoms in total. The van der Waals surface area contributed by atoms with E-state index in [9.17, 15) is 8.78 Å². The number of aryl methyl sites for hydroxylation is 2. The van der Waals surface area contributed by atoms with Crippen molar-refractivity contribution < 1.29 is 8.78 Å². The van der Waals surface area contributed by atoms with E-state index < -0.39 is 11.6 Å². The molecule has 0 radical (unpaired) electrons. The Bertz CT molecular complexity index is 824. The summed E-state index contributed by atoms with van der Waals surface area (Å²) in [5, 5.41) is 0. The van der Waals surface area contributed by atoms with Crippen molar-refractivity contribution in [1.82, 2.24) is 14.4 Å². The smallest absolute Gasteiger partial charge is 0.236 e. The van der Waals surface area contributed by atoms with Crippen LogP contribution < -0.4 is 5.73 Å². The number of halogens is 2. The molecule has 0 saturated heterocycles. The number of rotatable bonds is 1. The van der Waals surface area contributed by atoms with E-state index in [0.717, 1.165) is 23.5 Å². The zero-order chi connectivity index (χ0) is 14.4. The zero-order valence-electron chi connectivity index (χ0n) is 11.0. The summed E-state index contributed by atoms with van der Waals surface area (Å²) < 4.78 is 28.0. The summed E-state index contributed by atoms with van der Waals surface area (Å²) in [5.74, 6) is -1.03. The Balaban J connectivity index is 2.29. The molecule has 0 aliphatic heterocycles. The molecular weight excluding hydrogens is 262 g/mol. The first-order chi connectivity index (χ1) is 9.47. The molecule has 0 unspecified atom stereocenters. The number of aromatic nitrogens is 3. The summed E-state index contributed by atoms with van der Waals surface area (Å²) in [6.45, 7) is 3.74. The number of fused-ring (bicyclic) bond motifs is 1. The average molecular weight is 274 g/mol. The monoisotopic (exact) mass is 274 g/mol. The van der Waals surface area contributed by atoms with Crippen molar-refractivity contribution in [3.05, 3.63) is 47.3 Å². The molecule has 2 N–H and O–H groups in total. The van der Waals surface area contributed by atoms with Gasteiger partial charge >= 0.3 is 0 Å². The molecule has 0 aliphatic carbocycles. The molecule has 3 aromatic rings. The number of anilines is 1. The van der Waals surface area contributed by atoms with Crippen molar-refractivity contribution in [2.45, 2.75) is 13.8 Å². The van der Waals surface area contributed by atoms with Crippen LogP contribution in [0.5, 0.6) is 0 Å². The van der Waals surface area contributed by atoms with Gasteiger partial charge < -0.3 is 5.73 Å². The van der Waals surface area contributed by atoms with Crippen LogP contribution in [0.2, 0.25) is 0 Å². The van der Waals surface area contributed by atoms with Gasteiger partial charge in [0.05, 0.1) is 0 Å². The molecule has 0 atom stereocenters. The maximum Gasteiger partial charge on any atom is 0.236 e. The second-order valence-electron chi connectivity index (χ2n) is 4.65. The normalized spacial score (nSPS) is 11.2. The fourth-order valence-corrected chi connectivity index (χ4v) is 2.26. The maximum atomic E-state index is 13.3. The second kappa shape index (κ2) is 4.26. The number of nitrogens with zero attached hydrogens (tertiary/aromatic N) is 3. The molecule has 0 spiro atoms. The zero-order valence-corrected chi connectivity index (χ0v) is 11.0. The van der Waals surface area contributed by atoms with Gasteiger partial charge in [-0.3, -0.25) is 4.40 Å². The minimum absolute atomic E-state index is 0.357. The van der Waals surface area contributed by atoms with Gasteiger partial charge in [-0.25, -0.2) is 18.7 Å². The molecule has 0 aliphatic rings. The molecule has 0 bridgehead atoms. The molecule has 2 aromatic heterocycles. The molecule has 3 rings (SSSR count). The minimum atomic E-state index is -0.931. The molecule has 2 heterocycles. The standard InChI is InChI=1S/C14H12F2N4/c1-7-5-8(2)20-13(17)12(19-14(20)18-7)9-3-4-10(15)11(16)6-9/h3-6H,17H2,1-2H3. The van der Waals surface area contributed by atoms with E-state index in [-0.39, 0.29) is 0 Å². The Morgan fingerprint density at radius 1 is 1.05 bits per heavy atom. The van der Waals surface area contributed by atoms with Gasteiger partial charge in [0.2, 0.25) is 5.78 Å². The summed E-state index contributed by atoms with van der Waals surface area (Å²) in [6, 6.07) is 5.45. The largest absolute Gasteiger partial charge is 0.383 e. The molecule has 20 heavy (non-hydrogen) atoms. The lowest BCUT2D eigenvalue weighted by atomic mass is 10.1. The third-order valence-corrected chi connectivity index (χ3v) is 3.14. The highest BCUT2D eigenvalue weighted by atomic mass is 19.2. The van der Waals surface area contributed by atoms with Gasteiger partial charge in [-0.15, -0.1) is 0 Å². The fraction of sp³-hybridized carbons (Fsp3) is 0.143. The highest BCUT2D eigenvalue weighted by Gasteiger charge is 2.15. The van der Waals surface area contributed by atoms with Gasteiger partial charge in [0.1, 0.15) is 11.5 Å². The number of hydrogen-bond donors (Lipinski definition) is 1.